The Morgan fingerprint density at radius 3 is 2.08 bits per heavy atom. The van der Waals surface area contributed by atoms with Gasteiger partial charge in [-0.15, -0.1) is 0 Å². The van der Waals surface area contributed by atoms with Crippen LogP contribution in [0, 0.1) is 0 Å². The first-order valence-electron chi connectivity index (χ1n) is 9.54. The van der Waals surface area contributed by atoms with Crippen molar-refractivity contribution in [3.05, 3.63) is 29.8 Å². The van der Waals surface area contributed by atoms with Crippen LogP contribution in [0.25, 0.3) is 0 Å². The summed E-state index contributed by atoms with van der Waals surface area (Å²) in [4.78, 5) is 13.1. The highest BCUT2D eigenvalue weighted by molar-refractivity contribution is 8.29. The summed E-state index contributed by atoms with van der Waals surface area (Å²) in [7, 11) is -0.0827. The Balaban J connectivity index is 3.16. The Hall–Kier alpha value is -0.743. The molecule has 142 valence electrons. The van der Waals surface area contributed by atoms with Crippen LogP contribution >= 0.6 is 11.2 Å². The highest BCUT2D eigenvalue weighted by atomic mass is 32.4. The zero-order chi connectivity index (χ0) is 19.2. The van der Waals surface area contributed by atoms with Crippen LogP contribution in [0.5, 0.6) is 0 Å². The minimum atomic E-state index is -1.55. The Labute approximate surface area is 159 Å². The van der Waals surface area contributed by atoms with E-state index in [0.29, 0.717) is 6.42 Å². The van der Waals surface area contributed by atoms with E-state index in [2.05, 4.69) is 83.9 Å². The molecule has 0 radical (unpaired) electrons. The first-order valence-corrected chi connectivity index (χ1v) is 13.3. The number of ether oxygens (including phenoxy) is 1. The first kappa shape index (κ1) is 22.3. The zero-order valence-corrected chi connectivity index (χ0v) is 19.1. The van der Waals surface area contributed by atoms with Crippen molar-refractivity contribution in [3.63, 3.8) is 0 Å². The fourth-order valence-electron chi connectivity index (χ4n) is 4.17. The molecule has 1 aromatic rings. The van der Waals surface area contributed by atoms with Crippen LogP contribution in [0.1, 0.15) is 72.8 Å². The number of hydrogen-bond acceptors (Lipinski definition) is 3. The molecule has 1 aromatic carbocycles. The maximum Gasteiger partial charge on any atom is 0.306 e. The molecule has 2 nitrogen and oxygen atoms in total. The van der Waals surface area contributed by atoms with Gasteiger partial charge < -0.3 is 4.74 Å². The lowest BCUT2D eigenvalue weighted by atomic mass is 9.93. The normalized spacial score (nSPS) is 13.6. The van der Waals surface area contributed by atoms with Gasteiger partial charge in [0.2, 0.25) is 0 Å². The van der Waals surface area contributed by atoms with E-state index in [9.17, 15) is 4.79 Å². The van der Waals surface area contributed by atoms with Gasteiger partial charge in [0.1, 0.15) is 7.22 Å². The van der Waals surface area contributed by atoms with Crippen molar-refractivity contribution in [2.24, 2.45) is 0 Å². The largest absolute Gasteiger partial charge is 0.469 e. The van der Waals surface area contributed by atoms with Gasteiger partial charge in [-0.05, 0) is 46.7 Å². The van der Waals surface area contributed by atoms with Crippen molar-refractivity contribution in [3.8, 4) is 0 Å². The molecule has 0 amide bonds. The number of methoxy groups -OCH3 is 1. The minimum Gasteiger partial charge on any atom is -0.469 e. The Morgan fingerprint density at radius 1 is 1.08 bits per heavy atom. The van der Waals surface area contributed by atoms with E-state index in [0.717, 1.165) is 23.0 Å². The van der Waals surface area contributed by atoms with Crippen LogP contribution < -0.4 is 0 Å². The van der Waals surface area contributed by atoms with Gasteiger partial charge in [-0.2, -0.15) is 11.2 Å². The van der Waals surface area contributed by atoms with Crippen LogP contribution in [-0.4, -0.2) is 20.3 Å². The first-order chi connectivity index (χ1) is 11.7. The number of rotatable bonds is 9. The molecule has 1 atom stereocenters. The second-order valence-corrected chi connectivity index (χ2v) is 16.5. The van der Waals surface area contributed by atoms with Gasteiger partial charge in [-0.25, -0.2) is 0 Å². The molecule has 0 bridgehead atoms. The summed E-state index contributed by atoms with van der Waals surface area (Å²) in [6.07, 6.45) is 1.41. The maximum absolute atomic E-state index is 11.7. The standard InChI is InChI=1S/C21H36O2SSi/c1-9-18(14-21(22)23-8)19-11-10-12-20(13-19)24-25(15(2)3,16(4)5)17(6)7/h10-13,15-18H,9,14H2,1-8H3/t18-/m1/s1. The Bertz CT molecular complexity index is 533. The Kier molecular flexibility index (Phi) is 8.76. The number of hydrogen-bond donors (Lipinski definition) is 0. The molecule has 0 aromatic heterocycles. The van der Waals surface area contributed by atoms with E-state index < -0.39 is 7.22 Å². The van der Waals surface area contributed by atoms with Gasteiger partial charge in [0.05, 0.1) is 13.5 Å². The molecule has 0 aliphatic carbocycles. The summed E-state index contributed by atoms with van der Waals surface area (Å²) < 4.78 is 4.87. The fraction of sp³-hybridized carbons (Fsp3) is 0.667. The summed E-state index contributed by atoms with van der Waals surface area (Å²) in [5.41, 5.74) is 3.42. The zero-order valence-electron chi connectivity index (χ0n) is 17.3. The second kappa shape index (κ2) is 9.82. The molecule has 1 rings (SSSR count). The highest BCUT2D eigenvalue weighted by Gasteiger charge is 2.44. The SMILES string of the molecule is CC[C@H](CC(=O)OC)c1cccc(S[Si](C(C)C)(C(C)C)C(C)C)c1. The maximum atomic E-state index is 11.7. The van der Waals surface area contributed by atoms with Crippen molar-refractivity contribution in [1.82, 2.24) is 0 Å². The van der Waals surface area contributed by atoms with E-state index in [4.69, 9.17) is 4.74 Å². The third kappa shape index (κ3) is 5.37. The van der Waals surface area contributed by atoms with Gasteiger partial charge >= 0.3 is 5.97 Å². The fourth-order valence-corrected chi connectivity index (χ4v) is 13.4. The average Bonchev–Trinajstić information content (AvgIpc) is 2.56. The molecule has 0 fully saturated rings. The summed E-state index contributed by atoms with van der Waals surface area (Å²) in [6.45, 7) is 16.5. The third-order valence-electron chi connectivity index (χ3n) is 5.46. The number of carbonyl (C=O) groups excluding carboxylic acids is 1. The smallest absolute Gasteiger partial charge is 0.306 e. The third-order valence-corrected chi connectivity index (χ3v) is 17.7. The van der Waals surface area contributed by atoms with Gasteiger partial charge in [0.15, 0.2) is 0 Å². The van der Waals surface area contributed by atoms with Crippen LogP contribution in [0.3, 0.4) is 0 Å². The number of benzene rings is 1. The predicted octanol–water partition coefficient (Wildman–Crippen LogP) is 7.01. The number of esters is 1. The molecular formula is C21H36O2SSi. The van der Waals surface area contributed by atoms with E-state index in [1.54, 1.807) is 0 Å². The molecule has 0 aliphatic rings. The van der Waals surface area contributed by atoms with E-state index in [1.165, 1.54) is 17.6 Å². The average molecular weight is 381 g/mol. The van der Waals surface area contributed by atoms with Crippen molar-refractivity contribution in [2.45, 2.75) is 88.7 Å². The summed E-state index contributed by atoms with van der Waals surface area (Å²) in [5, 5.41) is 0. The van der Waals surface area contributed by atoms with Gasteiger partial charge in [-0.1, -0.05) is 60.6 Å². The van der Waals surface area contributed by atoms with E-state index >= 15 is 0 Å². The lowest BCUT2D eigenvalue weighted by Crippen LogP contribution is -2.40. The van der Waals surface area contributed by atoms with E-state index in [-0.39, 0.29) is 11.9 Å². The van der Waals surface area contributed by atoms with Gasteiger partial charge in [-0.3, -0.25) is 4.79 Å². The molecule has 0 spiro atoms. The summed E-state index contributed by atoms with van der Waals surface area (Å²) >= 11 is 2.15. The summed E-state index contributed by atoms with van der Waals surface area (Å²) in [6, 6.07) is 8.87. The lowest BCUT2D eigenvalue weighted by molar-refractivity contribution is -0.141. The highest BCUT2D eigenvalue weighted by Crippen LogP contribution is 2.52. The van der Waals surface area contributed by atoms with Crippen LogP contribution in [-0.2, 0) is 9.53 Å². The summed E-state index contributed by atoms with van der Waals surface area (Å²) in [5.74, 6) is 0.112. The number of carbonyl (C=O) groups is 1. The molecule has 0 saturated heterocycles. The van der Waals surface area contributed by atoms with Crippen molar-refractivity contribution in [2.75, 3.05) is 7.11 Å². The predicted molar refractivity (Wildman–Crippen MR) is 113 cm³/mol. The van der Waals surface area contributed by atoms with Crippen molar-refractivity contribution < 1.29 is 9.53 Å². The topological polar surface area (TPSA) is 26.3 Å². The molecule has 0 N–H and O–H groups in total. The molecular weight excluding hydrogens is 344 g/mol. The van der Waals surface area contributed by atoms with Crippen molar-refractivity contribution in [1.29, 1.82) is 0 Å². The molecule has 0 aliphatic heterocycles. The molecule has 0 saturated carbocycles. The minimum absolute atomic E-state index is 0.125. The molecule has 0 unspecified atom stereocenters. The van der Waals surface area contributed by atoms with Crippen LogP contribution in [0.2, 0.25) is 16.6 Å². The lowest BCUT2D eigenvalue weighted by Gasteiger charge is -2.42. The van der Waals surface area contributed by atoms with Gasteiger partial charge in [0, 0.05) is 4.90 Å². The molecule has 0 heterocycles. The van der Waals surface area contributed by atoms with Crippen LogP contribution in [0.15, 0.2) is 29.2 Å². The monoisotopic (exact) mass is 380 g/mol. The molecule has 4 heteroatoms. The van der Waals surface area contributed by atoms with Crippen LogP contribution in [0.4, 0.5) is 0 Å². The van der Waals surface area contributed by atoms with E-state index in [1.807, 2.05) is 0 Å². The van der Waals surface area contributed by atoms with Crippen molar-refractivity contribution >= 4 is 24.4 Å². The quantitative estimate of drug-likeness (QED) is 0.340. The second-order valence-electron chi connectivity index (χ2n) is 7.88. The Morgan fingerprint density at radius 2 is 1.64 bits per heavy atom. The van der Waals surface area contributed by atoms with Gasteiger partial charge in [0.25, 0.3) is 0 Å². The molecule has 25 heavy (non-hydrogen) atoms.